The van der Waals surface area contributed by atoms with Crippen molar-refractivity contribution >= 4 is 27.8 Å². The number of hydrogen-bond donors (Lipinski definition) is 1. The first-order chi connectivity index (χ1) is 11.9. The van der Waals surface area contributed by atoms with Crippen LogP contribution in [0.1, 0.15) is 35.7 Å². The first-order valence-corrected chi connectivity index (χ1v) is 8.66. The maximum absolute atomic E-state index is 13.3. The Hall–Kier alpha value is -2.21. The first kappa shape index (κ1) is 19.1. The van der Waals surface area contributed by atoms with Gasteiger partial charge in [-0.3, -0.25) is 4.79 Å². The molecule has 0 bridgehead atoms. The molecule has 6 heteroatoms. The fourth-order valence-electron chi connectivity index (χ4n) is 2.23. The Kier molecular flexibility index (Phi) is 6.70. The molecule has 132 valence electrons. The van der Waals surface area contributed by atoms with E-state index in [4.69, 9.17) is 4.74 Å². The molecule has 0 saturated carbocycles. The van der Waals surface area contributed by atoms with Crippen molar-refractivity contribution in [1.29, 1.82) is 0 Å². The van der Waals surface area contributed by atoms with Crippen LogP contribution in [0.2, 0.25) is 0 Å². The fourth-order valence-corrected chi connectivity index (χ4v) is 2.64. The molecule has 25 heavy (non-hydrogen) atoms. The van der Waals surface area contributed by atoms with Crippen LogP contribution in [0.25, 0.3) is 0 Å². The molecule has 4 nitrogen and oxygen atoms in total. The van der Waals surface area contributed by atoms with Crippen molar-refractivity contribution in [2.45, 2.75) is 25.9 Å². The van der Waals surface area contributed by atoms with E-state index in [2.05, 4.69) is 21.2 Å². The van der Waals surface area contributed by atoms with E-state index in [0.29, 0.717) is 11.0 Å². The summed E-state index contributed by atoms with van der Waals surface area (Å²) in [6.45, 7) is 3.90. The van der Waals surface area contributed by atoms with Crippen LogP contribution in [-0.2, 0) is 9.53 Å². The van der Waals surface area contributed by atoms with Crippen molar-refractivity contribution < 1.29 is 18.7 Å². The summed E-state index contributed by atoms with van der Waals surface area (Å²) in [5, 5.41) is 2.76. The summed E-state index contributed by atoms with van der Waals surface area (Å²) in [5.74, 6) is -1.58. The number of carbonyl (C=O) groups is 2. The summed E-state index contributed by atoms with van der Waals surface area (Å²) in [6, 6.07) is 13.5. The van der Waals surface area contributed by atoms with Gasteiger partial charge in [-0.15, -0.1) is 0 Å². The van der Waals surface area contributed by atoms with E-state index in [9.17, 15) is 14.0 Å². The summed E-state index contributed by atoms with van der Waals surface area (Å²) in [4.78, 5) is 24.2. The third-order valence-electron chi connectivity index (χ3n) is 3.75. The Bertz CT molecular complexity index is 752. The van der Waals surface area contributed by atoms with Crippen LogP contribution in [0, 0.1) is 5.82 Å². The van der Waals surface area contributed by atoms with Gasteiger partial charge in [0, 0.05) is 11.0 Å². The zero-order chi connectivity index (χ0) is 18.4. The summed E-state index contributed by atoms with van der Waals surface area (Å²) < 4.78 is 18.8. The Balaban J connectivity index is 1.89. The molecule has 2 atom stereocenters. The van der Waals surface area contributed by atoms with Crippen LogP contribution in [0.5, 0.6) is 0 Å². The topological polar surface area (TPSA) is 55.4 Å². The number of benzene rings is 2. The normalized spacial score (nSPS) is 13.0. The zero-order valence-corrected chi connectivity index (χ0v) is 15.5. The van der Waals surface area contributed by atoms with E-state index < -0.39 is 23.8 Å². The first-order valence-electron chi connectivity index (χ1n) is 7.87. The minimum absolute atomic E-state index is 0.0392. The van der Waals surface area contributed by atoms with Gasteiger partial charge in [0.2, 0.25) is 0 Å². The van der Waals surface area contributed by atoms with Crippen LogP contribution < -0.4 is 5.32 Å². The minimum atomic E-state index is -0.981. The second kappa shape index (κ2) is 8.76. The predicted molar refractivity (Wildman–Crippen MR) is 96.8 cm³/mol. The Morgan fingerprint density at radius 1 is 1.16 bits per heavy atom. The molecule has 0 aliphatic carbocycles. The smallest absolute Gasteiger partial charge is 0.340 e. The standard InChI is InChI=1S/C19H19BrFNO3/c1-12(14-6-4-3-5-7-14)11-22-18(23)13(2)25-19(24)16-10-15(21)8-9-17(16)20/h3-10,12-13H,11H2,1-2H3,(H,22,23)/t12-,13-/m0/s1. The quantitative estimate of drug-likeness (QED) is 0.734. The summed E-state index contributed by atoms with van der Waals surface area (Å²) in [5.41, 5.74) is 1.15. The van der Waals surface area contributed by atoms with Gasteiger partial charge in [0.25, 0.3) is 5.91 Å². The molecule has 0 aliphatic heterocycles. The van der Waals surface area contributed by atoms with Crippen molar-refractivity contribution in [3.05, 3.63) is 69.9 Å². The molecule has 0 radical (unpaired) electrons. The van der Waals surface area contributed by atoms with Gasteiger partial charge in [-0.1, -0.05) is 37.3 Å². The van der Waals surface area contributed by atoms with Crippen LogP contribution in [0.3, 0.4) is 0 Å². The fraction of sp³-hybridized carbons (Fsp3) is 0.263. The molecule has 2 rings (SSSR count). The monoisotopic (exact) mass is 407 g/mol. The second-order valence-corrected chi connectivity index (χ2v) is 6.58. The molecule has 0 spiro atoms. The van der Waals surface area contributed by atoms with Crippen molar-refractivity contribution in [1.82, 2.24) is 5.32 Å². The Morgan fingerprint density at radius 2 is 1.84 bits per heavy atom. The molecular weight excluding hydrogens is 389 g/mol. The van der Waals surface area contributed by atoms with Crippen LogP contribution in [0.15, 0.2) is 53.0 Å². The molecule has 2 aromatic carbocycles. The maximum atomic E-state index is 13.3. The molecule has 1 N–H and O–H groups in total. The number of halogens is 2. The molecule has 0 aliphatic rings. The van der Waals surface area contributed by atoms with Gasteiger partial charge in [-0.2, -0.15) is 0 Å². The molecule has 0 saturated heterocycles. The largest absolute Gasteiger partial charge is 0.449 e. The van der Waals surface area contributed by atoms with Crippen LogP contribution >= 0.6 is 15.9 Å². The van der Waals surface area contributed by atoms with E-state index in [-0.39, 0.29) is 11.5 Å². The molecule has 0 heterocycles. The maximum Gasteiger partial charge on any atom is 0.340 e. The van der Waals surface area contributed by atoms with Crippen LogP contribution in [-0.4, -0.2) is 24.5 Å². The molecular formula is C19H19BrFNO3. The highest BCUT2D eigenvalue weighted by molar-refractivity contribution is 9.10. The number of nitrogens with one attached hydrogen (secondary N) is 1. The van der Waals surface area contributed by atoms with Crippen molar-refractivity contribution in [3.63, 3.8) is 0 Å². The predicted octanol–water partition coefficient (Wildman–Crippen LogP) is 4.05. The average Bonchev–Trinajstić information content (AvgIpc) is 2.61. The Morgan fingerprint density at radius 3 is 2.52 bits per heavy atom. The number of carbonyl (C=O) groups excluding carboxylic acids is 2. The number of hydrogen-bond acceptors (Lipinski definition) is 3. The highest BCUT2D eigenvalue weighted by Gasteiger charge is 2.21. The highest BCUT2D eigenvalue weighted by atomic mass is 79.9. The van der Waals surface area contributed by atoms with Crippen molar-refractivity contribution in [2.75, 3.05) is 6.54 Å². The van der Waals surface area contributed by atoms with Gasteiger partial charge in [0.1, 0.15) is 5.82 Å². The number of ether oxygens (including phenoxy) is 1. The van der Waals surface area contributed by atoms with Crippen molar-refractivity contribution in [3.8, 4) is 0 Å². The van der Waals surface area contributed by atoms with E-state index >= 15 is 0 Å². The number of amides is 1. The summed E-state index contributed by atoms with van der Waals surface area (Å²) in [6.07, 6.45) is -0.981. The highest BCUT2D eigenvalue weighted by Crippen LogP contribution is 2.19. The lowest BCUT2D eigenvalue weighted by atomic mass is 10.0. The average molecular weight is 408 g/mol. The number of rotatable bonds is 6. The Labute approximate surface area is 154 Å². The second-order valence-electron chi connectivity index (χ2n) is 5.73. The van der Waals surface area contributed by atoms with Gasteiger partial charge < -0.3 is 10.1 Å². The minimum Gasteiger partial charge on any atom is -0.449 e. The molecule has 0 unspecified atom stereocenters. The molecule has 1 amide bonds. The lowest BCUT2D eigenvalue weighted by molar-refractivity contribution is -0.129. The van der Waals surface area contributed by atoms with Gasteiger partial charge >= 0.3 is 5.97 Å². The summed E-state index contributed by atoms with van der Waals surface area (Å²) in [7, 11) is 0. The van der Waals surface area contributed by atoms with Gasteiger partial charge in [-0.05, 0) is 52.5 Å². The third kappa shape index (κ3) is 5.39. The molecule has 0 fully saturated rings. The van der Waals surface area contributed by atoms with E-state index in [1.54, 1.807) is 0 Å². The van der Waals surface area contributed by atoms with Crippen LogP contribution in [0.4, 0.5) is 4.39 Å². The third-order valence-corrected chi connectivity index (χ3v) is 4.44. The van der Waals surface area contributed by atoms with E-state index in [1.165, 1.54) is 19.1 Å². The lowest BCUT2D eigenvalue weighted by Gasteiger charge is -2.17. The molecule has 0 aromatic heterocycles. The molecule has 2 aromatic rings. The van der Waals surface area contributed by atoms with E-state index in [0.717, 1.165) is 11.6 Å². The summed E-state index contributed by atoms with van der Waals surface area (Å²) >= 11 is 3.17. The van der Waals surface area contributed by atoms with Gasteiger partial charge in [0.15, 0.2) is 6.10 Å². The van der Waals surface area contributed by atoms with Gasteiger partial charge in [-0.25, -0.2) is 9.18 Å². The van der Waals surface area contributed by atoms with E-state index in [1.807, 2.05) is 37.3 Å². The zero-order valence-electron chi connectivity index (χ0n) is 14.0. The number of esters is 1. The lowest BCUT2D eigenvalue weighted by Crippen LogP contribution is -2.37. The van der Waals surface area contributed by atoms with Crippen molar-refractivity contribution in [2.24, 2.45) is 0 Å². The van der Waals surface area contributed by atoms with Gasteiger partial charge in [0.05, 0.1) is 5.56 Å². The SMILES string of the molecule is C[C@H](OC(=O)c1cc(F)ccc1Br)C(=O)NC[C@H](C)c1ccccc1.